The Kier molecular flexibility index (Phi) is 7.54. The van der Waals surface area contributed by atoms with Crippen LogP contribution >= 0.6 is 11.6 Å². The number of ether oxygens (including phenoxy) is 1. The molecule has 0 aromatic heterocycles. The van der Waals surface area contributed by atoms with Gasteiger partial charge in [0.1, 0.15) is 5.75 Å². The van der Waals surface area contributed by atoms with Crippen LogP contribution in [-0.4, -0.2) is 50.5 Å². The van der Waals surface area contributed by atoms with Crippen LogP contribution in [0, 0.1) is 23.7 Å². The van der Waals surface area contributed by atoms with E-state index in [2.05, 4.69) is 21.8 Å². The maximum atomic E-state index is 13.5. The molecule has 3 aliphatic carbocycles. The average Bonchev–Trinajstić information content (AvgIpc) is 3.81. The van der Waals surface area contributed by atoms with Crippen molar-refractivity contribution in [2.45, 2.75) is 75.1 Å². The van der Waals surface area contributed by atoms with Crippen LogP contribution < -0.4 is 14.4 Å². The van der Waals surface area contributed by atoms with Crippen molar-refractivity contribution in [1.29, 1.82) is 0 Å². The summed E-state index contributed by atoms with van der Waals surface area (Å²) < 4.78 is 35.9. The molecular weight excluding hydrogens is 584 g/mol. The van der Waals surface area contributed by atoms with Crippen LogP contribution in [0.5, 0.6) is 5.75 Å². The summed E-state index contributed by atoms with van der Waals surface area (Å²) in [6.07, 6.45) is 10.8. The van der Waals surface area contributed by atoms with E-state index < -0.39 is 27.3 Å². The molecule has 2 aromatic rings. The van der Waals surface area contributed by atoms with Crippen LogP contribution in [0.3, 0.4) is 0 Å². The van der Waals surface area contributed by atoms with Gasteiger partial charge in [0.25, 0.3) is 5.91 Å². The highest BCUT2D eigenvalue weighted by Crippen LogP contribution is 2.47. The molecule has 2 fully saturated rings. The number of aryl methyl sites for hydroxylation is 1. The number of fused-ring (bicyclic) bond motifs is 4. The molecule has 9 heteroatoms. The van der Waals surface area contributed by atoms with Crippen molar-refractivity contribution >= 4 is 33.2 Å². The molecule has 0 radical (unpaired) electrons. The number of hydrogen-bond donors (Lipinski definition) is 2. The van der Waals surface area contributed by atoms with Gasteiger partial charge in [0.05, 0.1) is 23.6 Å². The van der Waals surface area contributed by atoms with Crippen molar-refractivity contribution in [2.75, 3.05) is 24.6 Å². The molecule has 1 spiro atoms. The molecule has 1 amide bonds. The highest BCUT2D eigenvalue weighted by atomic mass is 35.5. The van der Waals surface area contributed by atoms with Crippen molar-refractivity contribution in [3.05, 3.63) is 70.3 Å². The fourth-order valence-corrected chi connectivity index (χ4v) is 9.68. The van der Waals surface area contributed by atoms with Gasteiger partial charge in [-0.15, -0.1) is 0 Å². The molecule has 2 aromatic carbocycles. The summed E-state index contributed by atoms with van der Waals surface area (Å²) in [4.78, 5) is 15.8. The summed E-state index contributed by atoms with van der Waals surface area (Å²) in [6.45, 7) is 3.63. The van der Waals surface area contributed by atoms with Gasteiger partial charge in [0.2, 0.25) is 10.0 Å². The molecule has 6 atom stereocenters. The highest BCUT2D eigenvalue weighted by Gasteiger charge is 2.45. The normalized spacial score (nSPS) is 34.5. The van der Waals surface area contributed by atoms with Gasteiger partial charge in [0.15, 0.2) is 0 Å². The van der Waals surface area contributed by atoms with Crippen molar-refractivity contribution in [3.8, 4) is 5.75 Å². The molecule has 0 unspecified atom stereocenters. The van der Waals surface area contributed by atoms with Crippen LogP contribution in [0.2, 0.25) is 5.02 Å². The average molecular weight is 625 g/mol. The monoisotopic (exact) mass is 624 g/mol. The molecule has 7 rings (SSSR count). The number of hydrogen-bond acceptors (Lipinski definition) is 6. The number of anilines is 1. The molecule has 230 valence electrons. The first-order chi connectivity index (χ1) is 20.6. The molecule has 43 heavy (non-hydrogen) atoms. The first-order valence-electron chi connectivity index (χ1n) is 15.8. The summed E-state index contributed by atoms with van der Waals surface area (Å²) in [6, 6.07) is 11.5. The van der Waals surface area contributed by atoms with E-state index in [0.29, 0.717) is 42.7 Å². The van der Waals surface area contributed by atoms with E-state index >= 15 is 0 Å². The Labute approximate surface area is 259 Å². The number of benzene rings is 2. The lowest BCUT2D eigenvalue weighted by atomic mass is 9.68. The number of allylic oxidation sites excluding steroid dienone is 1. The Morgan fingerprint density at radius 2 is 1.88 bits per heavy atom. The predicted octanol–water partition coefficient (Wildman–Crippen LogP) is 5.63. The number of aliphatic hydroxyl groups excluding tert-OH is 1. The summed E-state index contributed by atoms with van der Waals surface area (Å²) >= 11 is 6.40. The van der Waals surface area contributed by atoms with Crippen molar-refractivity contribution in [3.63, 3.8) is 0 Å². The van der Waals surface area contributed by atoms with Gasteiger partial charge in [-0.1, -0.05) is 29.8 Å². The number of aliphatic hydroxyl groups is 1. The maximum absolute atomic E-state index is 13.5. The summed E-state index contributed by atoms with van der Waals surface area (Å²) in [5.41, 5.74) is 3.37. The first kappa shape index (κ1) is 29.2. The van der Waals surface area contributed by atoms with Gasteiger partial charge in [-0.05, 0) is 123 Å². The number of halogens is 1. The number of nitrogens with one attached hydrogen (secondary N) is 1. The van der Waals surface area contributed by atoms with Crippen LogP contribution in [0.1, 0.15) is 73.4 Å². The lowest BCUT2D eigenvalue weighted by Gasteiger charge is -2.45. The Morgan fingerprint density at radius 1 is 1.07 bits per heavy atom. The van der Waals surface area contributed by atoms with Gasteiger partial charge in [-0.3, -0.25) is 4.79 Å². The Morgan fingerprint density at radius 3 is 2.65 bits per heavy atom. The molecule has 2 N–H and O–H groups in total. The van der Waals surface area contributed by atoms with Crippen LogP contribution in [-0.2, 0) is 21.9 Å². The fourth-order valence-electron chi connectivity index (χ4n) is 8.13. The lowest BCUT2D eigenvalue weighted by molar-refractivity contribution is 0.0455. The SMILES string of the molecule is C[C@H]1[C@H](C2CC2)C/C=C/[C@H](O)[C@@H]2CC[C@H]2CN2C[C@@]3(CCCc4cc(Cl)ccc43)COc3ccc(cc32)C(=O)NS1(=O)=O. The van der Waals surface area contributed by atoms with E-state index in [1.165, 1.54) is 11.1 Å². The third-order valence-electron chi connectivity index (χ3n) is 11.0. The van der Waals surface area contributed by atoms with E-state index in [4.69, 9.17) is 16.3 Å². The topological polar surface area (TPSA) is 95.9 Å². The number of carbonyl (C=O) groups excluding carboxylic acids is 1. The Balaban J connectivity index is 1.28. The zero-order valence-electron chi connectivity index (χ0n) is 24.7. The Hall–Kier alpha value is -2.55. The van der Waals surface area contributed by atoms with Crippen molar-refractivity contribution < 1.29 is 23.1 Å². The van der Waals surface area contributed by atoms with E-state index in [-0.39, 0.29) is 17.3 Å². The zero-order valence-corrected chi connectivity index (χ0v) is 26.2. The highest BCUT2D eigenvalue weighted by molar-refractivity contribution is 7.90. The number of amides is 1. The van der Waals surface area contributed by atoms with Gasteiger partial charge in [0, 0.05) is 29.1 Å². The Bertz CT molecular complexity index is 1560. The molecule has 7 nitrogen and oxygen atoms in total. The zero-order chi connectivity index (χ0) is 29.9. The summed E-state index contributed by atoms with van der Waals surface area (Å²) in [5.74, 6) is 0.735. The second-order valence-corrected chi connectivity index (χ2v) is 16.1. The van der Waals surface area contributed by atoms with E-state index in [1.54, 1.807) is 19.1 Å². The third-order valence-corrected chi connectivity index (χ3v) is 13.0. The van der Waals surface area contributed by atoms with Crippen molar-refractivity contribution in [2.24, 2.45) is 23.7 Å². The van der Waals surface area contributed by atoms with Gasteiger partial charge in [-0.25, -0.2) is 13.1 Å². The smallest absolute Gasteiger partial charge is 0.264 e. The molecule has 0 saturated heterocycles. The lowest BCUT2D eigenvalue weighted by Crippen LogP contribution is -2.49. The molecule has 2 bridgehead atoms. The number of nitrogens with zero attached hydrogens (tertiary/aromatic N) is 1. The second-order valence-electron chi connectivity index (χ2n) is 13.6. The first-order valence-corrected chi connectivity index (χ1v) is 17.8. The predicted molar refractivity (Wildman–Crippen MR) is 168 cm³/mol. The van der Waals surface area contributed by atoms with E-state index in [1.807, 2.05) is 24.3 Å². The summed E-state index contributed by atoms with van der Waals surface area (Å²) in [5, 5.41) is 11.3. The van der Waals surface area contributed by atoms with E-state index in [9.17, 15) is 18.3 Å². The molecule has 5 aliphatic rings. The largest absolute Gasteiger partial charge is 0.490 e. The molecular formula is C34H41ClN2O5S. The molecule has 2 saturated carbocycles. The molecule has 2 heterocycles. The number of carbonyl (C=O) groups is 1. The van der Waals surface area contributed by atoms with E-state index in [0.717, 1.165) is 62.2 Å². The minimum absolute atomic E-state index is 0.0979. The van der Waals surface area contributed by atoms with Crippen LogP contribution in [0.25, 0.3) is 0 Å². The minimum atomic E-state index is -3.92. The number of sulfonamides is 1. The van der Waals surface area contributed by atoms with Crippen LogP contribution in [0.15, 0.2) is 48.6 Å². The van der Waals surface area contributed by atoms with Gasteiger partial charge < -0.3 is 14.7 Å². The minimum Gasteiger partial charge on any atom is -0.490 e. The quantitative estimate of drug-likeness (QED) is 0.399. The third kappa shape index (κ3) is 5.48. The molecule has 2 aliphatic heterocycles. The maximum Gasteiger partial charge on any atom is 0.264 e. The fraction of sp³-hybridized carbons (Fsp3) is 0.559. The van der Waals surface area contributed by atoms with Crippen LogP contribution in [0.4, 0.5) is 5.69 Å². The van der Waals surface area contributed by atoms with Crippen molar-refractivity contribution in [1.82, 2.24) is 4.72 Å². The summed E-state index contributed by atoms with van der Waals surface area (Å²) in [7, 11) is -3.92. The van der Waals surface area contributed by atoms with Gasteiger partial charge >= 0.3 is 0 Å². The standard InChI is InChI=1S/C34H41ClN2O5S/c1-21-27(22-7-8-22)5-2-6-31(38)28-12-9-25(28)18-37-19-34(15-3-4-23-16-26(35)11-13-29(23)34)20-42-32-14-10-24(17-30(32)37)33(39)36-43(21,40)41/h2,6,10-11,13-14,16-17,21-22,25,27-28,31,38H,3-5,7-9,12,15,18-20H2,1H3,(H,36,39)/b6-2+/t21-,25-,27+,28+,31-,34-/m0/s1. The van der Waals surface area contributed by atoms with Gasteiger partial charge in [-0.2, -0.15) is 0 Å². The second kappa shape index (κ2) is 11.1. The number of rotatable bonds is 1.